The summed E-state index contributed by atoms with van der Waals surface area (Å²) < 4.78 is 0. The average molecular weight is 275 g/mol. The van der Waals surface area contributed by atoms with Gasteiger partial charge in [0.1, 0.15) is 0 Å². The zero-order chi connectivity index (χ0) is 14.3. The van der Waals surface area contributed by atoms with E-state index in [4.69, 9.17) is 5.73 Å². The number of rotatable bonds is 6. The molecule has 3 N–H and O–H groups in total. The first kappa shape index (κ1) is 15.0. The number of pyridine rings is 1. The molecule has 1 fully saturated rings. The first-order valence-electron chi connectivity index (χ1n) is 7.61. The summed E-state index contributed by atoms with van der Waals surface area (Å²) in [5.41, 5.74) is 6.98. The summed E-state index contributed by atoms with van der Waals surface area (Å²) in [5.74, 6) is 0.133. The van der Waals surface area contributed by atoms with Crippen LogP contribution in [0.25, 0.3) is 0 Å². The number of nitrogens with zero attached hydrogens (tertiary/aromatic N) is 1. The van der Waals surface area contributed by atoms with E-state index in [-0.39, 0.29) is 11.3 Å². The lowest BCUT2D eigenvalue weighted by atomic mass is 9.71. The van der Waals surface area contributed by atoms with Gasteiger partial charge in [0.25, 0.3) is 0 Å². The van der Waals surface area contributed by atoms with Crippen LogP contribution >= 0.6 is 0 Å². The molecule has 0 radical (unpaired) electrons. The zero-order valence-corrected chi connectivity index (χ0v) is 12.1. The molecule has 0 unspecified atom stereocenters. The highest BCUT2D eigenvalue weighted by Crippen LogP contribution is 2.38. The summed E-state index contributed by atoms with van der Waals surface area (Å²) in [4.78, 5) is 16.3. The third kappa shape index (κ3) is 4.30. The number of nitrogens with two attached hydrogens (primary N) is 1. The van der Waals surface area contributed by atoms with Crippen LogP contribution in [0, 0.1) is 5.41 Å². The van der Waals surface area contributed by atoms with Gasteiger partial charge in [-0.25, -0.2) is 0 Å². The third-order valence-electron chi connectivity index (χ3n) is 4.31. The predicted octanol–water partition coefficient (Wildman–Crippen LogP) is 2.04. The second-order valence-electron chi connectivity index (χ2n) is 5.86. The van der Waals surface area contributed by atoms with E-state index >= 15 is 0 Å². The Kier molecular flexibility index (Phi) is 5.53. The summed E-state index contributed by atoms with van der Waals surface area (Å²) in [6.45, 7) is 1.27. The van der Waals surface area contributed by atoms with Crippen LogP contribution in [0.1, 0.15) is 44.2 Å². The molecule has 0 saturated heterocycles. The Morgan fingerprint density at radius 3 is 2.75 bits per heavy atom. The van der Waals surface area contributed by atoms with Gasteiger partial charge >= 0.3 is 0 Å². The van der Waals surface area contributed by atoms with Gasteiger partial charge in [0.15, 0.2) is 0 Å². The van der Waals surface area contributed by atoms with Crippen molar-refractivity contribution in [3.63, 3.8) is 0 Å². The second-order valence-corrected chi connectivity index (χ2v) is 5.86. The maximum absolute atomic E-state index is 12.1. The molecule has 1 aromatic heterocycles. The smallest absolute Gasteiger partial charge is 0.220 e. The van der Waals surface area contributed by atoms with E-state index in [0.29, 0.717) is 19.5 Å². The maximum Gasteiger partial charge on any atom is 0.220 e. The van der Waals surface area contributed by atoms with Crippen molar-refractivity contribution in [3.05, 3.63) is 30.1 Å². The standard InChI is InChI=1S/C16H25N3O/c17-13-16(8-3-1-4-9-16)12-15(20)19-11-7-14-6-2-5-10-18-14/h2,5-6,10H,1,3-4,7-9,11-13,17H2,(H,19,20). The average Bonchev–Trinajstić information content (AvgIpc) is 2.49. The van der Waals surface area contributed by atoms with Crippen molar-refractivity contribution in [2.24, 2.45) is 11.1 Å². The number of hydrogen-bond donors (Lipinski definition) is 2. The molecule has 1 aliphatic rings. The van der Waals surface area contributed by atoms with Crippen LogP contribution in [0.5, 0.6) is 0 Å². The molecule has 2 rings (SSSR count). The largest absolute Gasteiger partial charge is 0.356 e. The van der Waals surface area contributed by atoms with Crippen molar-refractivity contribution in [2.75, 3.05) is 13.1 Å². The highest BCUT2D eigenvalue weighted by Gasteiger charge is 2.32. The second kappa shape index (κ2) is 7.39. The van der Waals surface area contributed by atoms with Crippen molar-refractivity contribution >= 4 is 5.91 Å². The van der Waals surface area contributed by atoms with Crippen LogP contribution in [-0.4, -0.2) is 24.0 Å². The van der Waals surface area contributed by atoms with Gasteiger partial charge in [-0.2, -0.15) is 0 Å². The van der Waals surface area contributed by atoms with Gasteiger partial charge in [0, 0.05) is 31.3 Å². The van der Waals surface area contributed by atoms with Gasteiger partial charge in [-0.15, -0.1) is 0 Å². The minimum absolute atomic E-state index is 0.0489. The monoisotopic (exact) mass is 275 g/mol. The maximum atomic E-state index is 12.1. The zero-order valence-electron chi connectivity index (χ0n) is 12.1. The van der Waals surface area contributed by atoms with Crippen LogP contribution in [-0.2, 0) is 11.2 Å². The Labute approximate surface area is 121 Å². The van der Waals surface area contributed by atoms with Crippen LogP contribution in [0.15, 0.2) is 24.4 Å². The summed E-state index contributed by atoms with van der Waals surface area (Å²) >= 11 is 0. The fraction of sp³-hybridized carbons (Fsp3) is 0.625. The number of amides is 1. The van der Waals surface area contributed by atoms with Crippen LogP contribution in [0.3, 0.4) is 0 Å². The van der Waals surface area contributed by atoms with E-state index in [1.54, 1.807) is 6.20 Å². The quantitative estimate of drug-likeness (QED) is 0.835. The first-order valence-corrected chi connectivity index (χ1v) is 7.61. The molecule has 20 heavy (non-hydrogen) atoms. The van der Waals surface area contributed by atoms with Gasteiger partial charge < -0.3 is 11.1 Å². The Morgan fingerprint density at radius 1 is 1.30 bits per heavy atom. The van der Waals surface area contributed by atoms with Crippen molar-refractivity contribution in [1.82, 2.24) is 10.3 Å². The molecule has 1 saturated carbocycles. The molecule has 1 heterocycles. The van der Waals surface area contributed by atoms with E-state index in [9.17, 15) is 4.79 Å². The number of nitrogens with one attached hydrogen (secondary N) is 1. The van der Waals surface area contributed by atoms with E-state index in [2.05, 4.69) is 10.3 Å². The Bertz CT molecular complexity index is 413. The fourth-order valence-corrected chi connectivity index (χ4v) is 3.03. The van der Waals surface area contributed by atoms with E-state index in [1.165, 1.54) is 19.3 Å². The number of carbonyl (C=O) groups is 1. The van der Waals surface area contributed by atoms with Gasteiger partial charge in [0.05, 0.1) is 0 Å². The molecule has 0 aliphatic heterocycles. The molecule has 1 aliphatic carbocycles. The lowest BCUT2D eigenvalue weighted by molar-refractivity contribution is -0.123. The Balaban J connectivity index is 1.74. The summed E-state index contributed by atoms with van der Waals surface area (Å²) in [7, 11) is 0. The Morgan fingerprint density at radius 2 is 2.10 bits per heavy atom. The van der Waals surface area contributed by atoms with E-state index in [1.807, 2.05) is 18.2 Å². The third-order valence-corrected chi connectivity index (χ3v) is 4.31. The molecule has 4 nitrogen and oxygen atoms in total. The van der Waals surface area contributed by atoms with Crippen molar-refractivity contribution in [2.45, 2.75) is 44.9 Å². The molecule has 0 spiro atoms. The number of aromatic nitrogens is 1. The van der Waals surface area contributed by atoms with Gasteiger partial charge in [-0.3, -0.25) is 9.78 Å². The highest BCUT2D eigenvalue weighted by molar-refractivity contribution is 5.76. The fourth-order valence-electron chi connectivity index (χ4n) is 3.03. The lowest BCUT2D eigenvalue weighted by Crippen LogP contribution is -2.39. The minimum atomic E-state index is 0.0489. The Hall–Kier alpha value is -1.42. The minimum Gasteiger partial charge on any atom is -0.356 e. The van der Waals surface area contributed by atoms with Crippen molar-refractivity contribution < 1.29 is 4.79 Å². The number of carbonyl (C=O) groups excluding carboxylic acids is 1. The van der Waals surface area contributed by atoms with Gasteiger partial charge in [0.2, 0.25) is 5.91 Å². The first-order chi connectivity index (χ1) is 9.74. The lowest BCUT2D eigenvalue weighted by Gasteiger charge is -2.35. The molecule has 0 aromatic carbocycles. The van der Waals surface area contributed by atoms with Gasteiger partial charge in [-0.1, -0.05) is 25.3 Å². The molecule has 4 heteroatoms. The van der Waals surface area contributed by atoms with E-state index in [0.717, 1.165) is 25.0 Å². The highest BCUT2D eigenvalue weighted by atomic mass is 16.1. The molecule has 0 bridgehead atoms. The SMILES string of the molecule is NCC1(CC(=O)NCCc2ccccn2)CCCCC1. The van der Waals surface area contributed by atoms with Gasteiger partial charge in [-0.05, 0) is 36.9 Å². The molecule has 110 valence electrons. The molecule has 1 amide bonds. The van der Waals surface area contributed by atoms with E-state index < -0.39 is 0 Å². The summed E-state index contributed by atoms with van der Waals surface area (Å²) in [6, 6.07) is 5.85. The van der Waals surface area contributed by atoms with Crippen molar-refractivity contribution in [3.8, 4) is 0 Å². The predicted molar refractivity (Wildman–Crippen MR) is 80.1 cm³/mol. The molecular weight excluding hydrogens is 250 g/mol. The van der Waals surface area contributed by atoms with Crippen molar-refractivity contribution in [1.29, 1.82) is 0 Å². The normalized spacial score (nSPS) is 17.6. The van der Waals surface area contributed by atoms with Crippen LogP contribution in [0.4, 0.5) is 0 Å². The topological polar surface area (TPSA) is 68.0 Å². The van der Waals surface area contributed by atoms with Crippen LogP contribution < -0.4 is 11.1 Å². The van der Waals surface area contributed by atoms with Crippen LogP contribution in [0.2, 0.25) is 0 Å². The summed E-state index contributed by atoms with van der Waals surface area (Å²) in [5, 5.41) is 3.00. The summed E-state index contributed by atoms with van der Waals surface area (Å²) in [6.07, 6.45) is 9.02. The number of hydrogen-bond acceptors (Lipinski definition) is 3. The molecular formula is C16H25N3O. The molecule has 1 aromatic rings. The molecule has 0 atom stereocenters.